The first-order chi connectivity index (χ1) is 8.45. The first-order valence-corrected chi connectivity index (χ1v) is 6.62. The van der Waals surface area contributed by atoms with Gasteiger partial charge >= 0.3 is 0 Å². The summed E-state index contributed by atoms with van der Waals surface area (Å²) in [6.07, 6.45) is 0. The Kier molecular flexibility index (Phi) is 5.62. The van der Waals surface area contributed by atoms with Crippen molar-refractivity contribution >= 4 is 21.8 Å². The predicted molar refractivity (Wildman–Crippen MR) is 75.4 cm³/mol. The molecule has 100 valence electrons. The third-order valence-electron chi connectivity index (χ3n) is 2.75. The second-order valence-electron chi connectivity index (χ2n) is 4.36. The van der Waals surface area contributed by atoms with Gasteiger partial charge < -0.3 is 15.4 Å². The number of hydrogen-bond donors (Lipinski definition) is 1. The minimum absolute atomic E-state index is 0.0370. The number of benzene rings is 1. The van der Waals surface area contributed by atoms with Gasteiger partial charge in [0.25, 0.3) is 5.91 Å². The van der Waals surface area contributed by atoms with E-state index in [1.807, 2.05) is 32.0 Å². The van der Waals surface area contributed by atoms with Crippen LogP contribution in [0.4, 0.5) is 0 Å². The van der Waals surface area contributed by atoms with E-state index in [1.54, 1.807) is 11.9 Å². The Bertz CT molecular complexity index is 421. The molecule has 0 aliphatic rings. The first kappa shape index (κ1) is 15.0. The van der Waals surface area contributed by atoms with Crippen LogP contribution in [0.15, 0.2) is 22.7 Å². The van der Waals surface area contributed by atoms with Crippen LogP contribution in [0.25, 0.3) is 0 Å². The molecule has 0 bridgehead atoms. The SMILES string of the molecule is CC(C)N(C)C(=O)COc1ccc(CN)cc1Br. The second kappa shape index (κ2) is 6.75. The van der Waals surface area contributed by atoms with Crippen molar-refractivity contribution in [2.75, 3.05) is 13.7 Å². The van der Waals surface area contributed by atoms with Crippen LogP contribution in [0.2, 0.25) is 0 Å². The fourth-order valence-electron chi connectivity index (χ4n) is 1.32. The topological polar surface area (TPSA) is 55.6 Å². The van der Waals surface area contributed by atoms with E-state index in [0.29, 0.717) is 12.3 Å². The van der Waals surface area contributed by atoms with Crippen molar-refractivity contribution in [3.05, 3.63) is 28.2 Å². The van der Waals surface area contributed by atoms with E-state index in [2.05, 4.69) is 15.9 Å². The largest absolute Gasteiger partial charge is 0.483 e. The van der Waals surface area contributed by atoms with Crippen LogP contribution in [0, 0.1) is 0 Å². The van der Waals surface area contributed by atoms with Crippen molar-refractivity contribution in [1.82, 2.24) is 4.90 Å². The zero-order valence-electron chi connectivity index (χ0n) is 10.9. The Balaban J connectivity index is 2.61. The van der Waals surface area contributed by atoms with Gasteiger partial charge in [-0.05, 0) is 47.5 Å². The van der Waals surface area contributed by atoms with Crippen molar-refractivity contribution < 1.29 is 9.53 Å². The number of nitrogens with zero attached hydrogens (tertiary/aromatic N) is 1. The van der Waals surface area contributed by atoms with Gasteiger partial charge in [0, 0.05) is 19.6 Å². The summed E-state index contributed by atoms with van der Waals surface area (Å²) in [5.41, 5.74) is 6.56. The number of halogens is 1. The van der Waals surface area contributed by atoms with Gasteiger partial charge in [0.1, 0.15) is 5.75 Å². The molecule has 0 aliphatic carbocycles. The minimum atomic E-state index is -0.0419. The van der Waals surface area contributed by atoms with Gasteiger partial charge in [0.15, 0.2) is 6.61 Å². The molecule has 18 heavy (non-hydrogen) atoms. The maximum absolute atomic E-state index is 11.8. The average Bonchev–Trinajstić information content (AvgIpc) is 2.35. The Hall–Kier alpha value is -1.07. The molecule has 1 aromatic rings. The standard InChI is InChI=1S/C13H19BrN2O2/c1-9(2)16(3)13(17)8-18-12-5-4-10(7-15)6-11(12)14/h4-6,9H,7-8,15H2,1-3H3. The number of ether oxygens (including phenoxy) is 1. The molecule has 0 spiro atoms. The van der Waals surface area contributed by atoms with Crippen LogP contribution in [-0.2, 0) is 11.3 Å². The van der Waals surface area contributed by atoms with E-state index in [0.717, 1.165) is 10.0 Å². The summed E-state index contributed by atoms with van der Waals surface area (Å²) < 4.78 is 6.30. The third-order valence-corrected chi connectivity index (χ3v) is 3.37. The fourth-order valence-corrected chi connectivity index (χ4v) is 1.86. The van der Waals surface area contributed by atoms with Crippen LogP contribution in [-0.4, -0.2) is 30.5 Å². The number of carbonyl (C=O) groups excluding carboxylic acids is 1. The van der Waals surface area contributed by atoms with Crippen LogP contribution in [0.3, 0.4) is 0 Å². The summed E-state index contributed by atoms with van der Waals surface area (Å²) in [5.74, 6) is 0.609. The number of amides is 1. The molecule has 0 aliphatic heterocycles. The van der Waals surface area contributed by atoms with E-state index in [9.17, 15) is 4.79 Å². The molecule has 0 saturated carbocycles. The molecule has 0 saturated heterocycles. The lowest BCUT2D eigenvalue weighted by Gasteiger charge is -2.21. The van der Waals surface area contributed by atoms with E-state index < -0.39 is 0 Å². The quantitative estimate of drug-likeness (QED) is 0.906. The lowest BCUT2D eigenvalue weighted by molar-refractivity contribution is -0.133. The molecule has 5 heteroatoms. The van der Waals surface area contributed by atoms with Crippen LogP contribution in [0.1, 0.15) is 19.4 Å². The molecule has 0 radical (unpaired) electrons. The lowest BCUT2D eigenvalue weighted by atomic mass is 10.2. The van der Waals surface area contributed by atoms with Gasteiger partial charge in [0.2, 0.25) is 0 Å². The predicted octanol–water partition coefficient (Wildman–Crippen LogP) is 2.15. The van der Waals surface area contributed by atoms with Gasteiger partial charge in [0.05, 0.1) is 4.47 Å². The van der Waals surface area contributed by atoms with Gasteiger partial charge in [-0.25, -0.2) is 0 Å². The lowest BCUT2D eigenvalue weighted by Crippen LogP contribution is -2.36. The number of nitrogens with two attached hydrogens (primary N) is 1. The molecule has 0 atom stereocenters. The first-order valence-electron chi connectivity index (χ1n) is 5.82. The minimum Gasteiger partial charge on any atom is -0.483 e. The highest BCUT2D eigenvalue weighted by atomic mass is 79.9. The van der Waals surface area contributed by atoms with Crippen molar-refractivity contribution in [2.24, 2.45) is 5.73 Å². The highest BCUT2D eigenvalue weighted by molar-refractivity contribution is 9.10. The maximum atomic E-state index is 11.8. The zero-order chi connectivity index (χ0) is 13.7. The summed E-state index contributed by atoms with van der Waals surface area (Å²) in [4.78, 5) is 13.4. The van der Waals surface area contributed by atoms with Gasteiger partial charge in [-0.3, -0.25) is 4.79 Å². The van der Waals surface area contributed by atoms with Crippen molar-refractivity contribution in [1.29, 1.82) is 0 Å². The Labute approximate surface area is 116 Å². The number of rotatable bonds is 5. The highest BCUT2D eigenvalue weighted by Crippen LogP contribution is 2.25. The van der Waals surface area contributed by atoms with Crippen LogP contribution in [0.5, 0.6) is 5.75 Å². The molecular weight excluding hydrogens is 296 g/mol. The molecule has 0 aromatic heterocycles. The third kappa shape index (κ3) is 3.99. The molecule has 0 heterocycles. The summed E-state index contributed by atoms with van der Waals surface area (Å²) in [6.45, 7) is 4.44. The summed E-state index contributed by atoms with van der Waals surface area (Å²) in [7, 11) is 1.77. The summed E-state index contributed by atoms with van der Waals surface area (Å²) in [6, 6.07) is 5.77. The number of carbonyl (C=O) groups is 1. The average molecular weight is 315 g/mol. The Morgan fingerprint density at radius 3 is 2.67 bits per heavy atom. The van der Waals surface area contributed by atoms with E-state index in [4.69, 9.17) is 10.5 Å². The van der Waals surface area contributed by atoms with Crippen molar-refractivity contribution in [3.8, 4) is 5.75 Å². The summed E-state index contributed by atoms with van der Waals surface area (Å²) in [5, 5.41) is 0. The second-order valence-corrected chi connectivity index (χ2v) is 5.21. The molecule has 1 aromatic carbocycles. The smallest absolute Gasteiger partial charge is 0.260 e. The van der Waals surface area contributed by atoms with Gasteiger partial charge in [-0.15, -0.1) is 0 Å². The monoisotopic (exact) mass is 314 g/mol. The van der Waals surface area contributed by atoms with E-state index >= 15 is 0 Å². The van der Waals surface area contributed by atoms with Gasteiger partial charge in [-0.1, -0.05) is 6.07 Å². The zero-order valence-corrected chi connectivity index (χ0v) is 12.5. The molecule has 2 N–H and O–H groups in total. The van der Waals surface area contributed by atoms with Gasteiger partial charge in [-0.2, -0.15) is 0 Å². The van der Waals surface area contributed by atoms with Crippen molar-refractivity contribution in [2.45, 2.75) is 26.4 Å². The molecule has 0 fully saturated rings. The van der Waals surface area contributed by atoms with E-state index in [1.165, 1.54) is 0 Å². The highest BCUT2D eigenvalue weighted by Gasteiger charge is 2.13. The Morgan fingerprint density at radius 2 is 2.17 bits per heavy atom. The molecule has 1 amide bonds. The number of likely N-dealkylation sites (N-methyl/N-ethyl adjacent to an activating group) is 1. The normalized spacial score (nSPS) is 10.6. The molecule has 0 unspecified atom stereocenters. The van der Waals surface area contributed by atoms with Crippen LogP contribution < -0.4 is 10.5 Å². The Morgan fingerprint density at radius 1 is 1.50 bits per heavy atom. The molecular formula is C13H19BrN2O2. The summed E-state index contributed by atoms with van der Waals surface area (Å²) >= 11 is 3.40. The molecule has 4 nitrogen and oxygen atoms in total. The molecule has 1 rings (SSSR count). The fraction of sp³-hybridized carbons (Fsp3) is 0.462. The number of hydrogen-bond acceptors (Lipinski definition) is 3. The van der Waals surface area contributed by atoms with E-state index in [-0.39, 0.29) is 18.6 Å². The maximum Gasteiger partial charge on any atom is 0.260 e. The van der Waals surface area contributed by atoms with Crippen molar-refractivity contribution in [3.63, 3.8) is 0 Å². The van der Waals surface area contributed by atoms with Crippen LogP contribution >= 0.6 is 15.9 Å².